The number of carboxylic acid groups (broad SMARTS) is 1. The van der Waals surface area contributed by atoms with Crippen LogP contribution in [0.4, 0.5) is 4.79 Å². The first-order chi connectivity index (χ1) is 15.7. The SMILES string of the molecule is C[C@@H](CO[C@H]1CC[C@H](n2cc3ccc(OCCC4CC4)cc3n2)CC1)N(C(=O)O)C(C)(C)C. The Balaban J connectivity index is 1.27. The summed E-state index contributed by atoms with van der Waals surface area (Å²) in [6.45, 7) is 8.89. The number of amides is 1. The van der Waals surface area contributed by atoms with Crippen LogP contribution in [-0.2, 0) is 4.74 Å². The van der Waals surface area contributed by atoms with Crippen molar-refractivity contribution in [1.29, 1.82) is 0 Å². The van der Waals surface area contributed by atoms with Gasteiger partial charge in [0.25, 0.3) is 0 Å². The van der Waals surface area contributed by atoms with E-state index in [1.165, 1.54) is 17.7 Å². The van der Waals surface area contributed by atoms with E-state index in [2.05, 4.69) is 23.0 Å². The third-order valence-electron chi connectivity index (χ3n) is 6.95. The first-order valence-electron chi connectivity index (χ1n) is 12.5. The molecule has 2 saturated carbocycles. The van der Waals surface area contributed by atoms with Gasteiger partial charge in [-0.2, -0.15) is 5.10 Å². The average Bonchev–Trinajstić information content (AvgIpc) is 3.47. The van der Waals surface area contributed by atoms with Gasteiger partial charge in [0.1, 0.15) is 5.75 Å². The van der Waals surface area contributed by atoms with Gasteiger partial charge < -0.3 is 14.6 Å². The second-order valence-electron chi connectivity index (χ2n) is 10.8. The van der Waals surface area contributed by atoms with Crippen LogP contribution in [0, 0.1) is 5.92 Å². The molecule has 0 radical (unpaired) electrons. The molecule has 2 aliphatic carbocycles. The molecule has 182 valence electrons. The monoisotopic (exact) mass is 457 g/mol. The second kappa shape index (κ2) is 9.92. The number of benzene rings is 1. The minimum Gasteiger partial charge on any atom is -0.494 e. The van der Waals surface area contributed by atoms with Crippen LogP contribution in [0.25, 0.3) is 10.9 Å². The second-order valence-corrected chi connectivity index (χ2v) is 10.8. The first kappa shape index (κ1) is 23.9. The zero-order valence-electron chi connectivity index (χ0n) is 20.5. The molecular weight excluding hydrogens is 418 g/mol. The number of hydrogen-bond donors (Lipinski definition) is 1. The lowest BCUT2D eigenvalue weighted by molar-refractivity contribution is -0.0236. The smallest absolute Gasteiger partial charge is 0.408 e. The summed E-state index contributed by atoms with van der Waals surface area (Å²) in [5, 5.41) is 15.6. The van der Waals surface area contributed by atoms with Gasteiger partial charge in [-0.15, -0.1) is 0 Å². The molecule has 2 aliphatic rings. The topological polar surface area (TPSA) is 76.8 Å². The molecule has 0 spiro atoms. The van der Waals surface area contributed by atoms with Gasteiger partial charge >= 0.3 is 6.09 Å². The van der Waals surface area contributed by atoms with Crippen LogP contribution in [-0.4, -0.2) is 56.8 Å². The van der Waals surface area contributed by atoms with Gasteiger partial charge in [0.2, 0.25) is 0 Å². The molecule has 1 amide bonds. The molecule has 7 nitrogen and oxygen atoms in total. The minimum atomic E-state index is -0.899. The van der Waals surface area contributed by atoms with Crippen molar-refractivity contribution in [2.45, 2.75) is 96.4 Å². The fraction of sp³-hybridized carbons (Fsp3) is 0.692. The summed E-state index contributed by atoms with van der Waals surface area (Å²) in [7, 11) is 0. The maximum absolute atomic E-state index is 11.7. The average molecular weight is 458 g/mol. The molecule has 0 unspecified atom stereocenters. The van der Waals surface area contributed by atoms with Crippen molar-refractivity contribution in [3.8, 4) is 5.75 Å². The number of ether oxygens (including phenoxy) is 2. The van der Waals surface area contributed by atoms with Crippen LogP contribution in [0.5, 0.6) is 5.75 Å². The zero-order valence-corrected chi connectivity index (χ0v) is 20.5. The predicted octanol–water partition coefficient (Wildman–Crippen LogP) is 5.88. The summed E-state index contributed by atoms with van der Waals surface area (Å²) in [6, 6.07) is 6.39. The number of carbonyl (C=O) groups is 1. The Labute approximate surface area is 197 Å². The van der Waals surface area contributed by atoms with E-state index in [1.54, 1.807) is 0 Å². The van der Waals surface area contributed by atoms with Crippen molar-refractivity contribution in [3.05, 3.63) is 24.4 Å². The van der Waals surface area contributed by atoms with E-state index in [4.69, 9.17) is 14.6 Å². The number of rotatable bonds is 9. The number of nitrogens with zero attached hydrogens (tertiary/aromatic N) is 3. The molecule has 0 aliphatic heterocycles. The van der Waals surface area contributed by atoms with Crippen LogP contribution in [0.3, 0.4) is 0 Å². The third kappa shape index (κ3) is 6.19. The Bertz CT molecular complexity index is 939. The lowest BCUT2D eigenvalue weighted by Crippen LogP contribution is -2.52. The zero-order chi connectivity index (χ0) is 23.6. The predicted molar refractivity (Wildman–Crippen MR) is 129 cm³/mol. The van der Waals surface area contributed by atoms with Crippen LogP contribution in [0.2, 0.25) is 0 Å². The van der Waals surface area contributed by atoms with E-state index in [9.17, 15) is 9.90 Å². The first-order valence-corrected chi connectivity index (χ1v) is 12.5. The van der Waals surface area contributed by atoms with Gasteiger partial charge in [-0.05, 0) is 77.8 Å². The van der Waals surface area contributed by atoms with Crippen molar-refractivity contribution < 1.29 is 19.4 Å². The Kier molecular flexibility index (Phi) is 7.17. The summed E-state index contributed by atoms with van der Waals surface area (Å²) in [5.41, 5.74) is 0.540. The maximum Gasteiger partial charge on any atom is 0.408 e. The number of fused-ring (bicyclic) bond motifs is 1. The molecule has 1 atom stereocenters. The Morgan fingerprint density at radius 1 is 1.21 bits per heavy atom. The highest BCUT2D eigenvalue weighted by Crippen LogP contribution is 2.33. The van der Waals surface area contributed by atoms with Crippen LogP contribution < -0.4 is 4.74 Å². The highest BCUT2D eigenvalue weighted by Gasteiger charge is 2.32. The molecule has 33 heavy (non-hydrogen) atoms. The largest absolute Gasteiger partial charge is 0.494 e. The van der Waals surface area contributed by atoms with Crippen molar-refractivity contribution in [1.82, 2.24) is 14.7 Å². The van der Waals surface area contributed by atoms with Crippen molar-refractivity contribution in [2.24, 2.45) is 5.92 Å². The van der Waals surface area contributed by atoms with Gasteiger partial charge in [-0.3, -0.25) is 9.58 Å². The molecule has 2 aromatic rings. The molecule has 0 bridgehead atoms. The highest BCUT2D eigenvalue weighted by molar-refractivity contribution is 5.79. The maximum atomic E-state index is 11.7. The standard InChI is InChI=1S/C26H39N3O4/c1-18(29(25(30)31)26(2,3)4)17-33-22-11-8-21(9-12-22)28-16-20-7-10-23(15-24(20)27-28)32-14-13-19-5-6-19/h7,10,15-16,18-19,21-22H,5-6,8-9,11-14,17H2,1-4H3,(H,30,31)/t18-,21-,22-/m0/s1. The van der Waals surface area contributed by atoms with Gasteiger partial charge in [0.05, 0.1) is 36.9 Å². The molecule has 4 rings (SSSR count). The molecular formula is C26H39N3O4. The molecule has 7 heteroatoms. The molecule has 0 saturated heterocycles. The van der Waals surface area contributed by atoms with E-state index < -0.39 is 11.6 Å². The molecule has 1 N–H and O–H groups in total. The van der Waals surface area contributed by atoms with Gasteiger partial charge in [0.15, 0.2) is 0 Å². The van der Waals surface area contributed by atoms with Crippen LogP contribution in [0.15, 0.2) is 24.4 Å². The van der Waals surface area contributed by atoms with Gasteiger partial charge in [-0.25, -0.2) is 4.79 Å². The number of aromatic nitrogens is 2. The van der Waals surface area contributed by atoms with Crippen LogP contribution in [0.1, 0.15) is 78.7 Å². The van der Waals surface area contributed by atoms with Gasteiger partial charge in [0, 0.05) is 23.2 Å². The van der Waals surface area contributed by atoms with Gasteiger partial charge in [-0.1, -0.05) is 12.8 Å². The third-order valence-corrected chi connectivity index (χ3v) is 6.95. The van der Waals surface area contributed by atoms with E-state index in [0.29, 0.717) is 12.6 Å². The fourth-order valence-electron chi connectivity index (χ4n) is 5.00. The number of hydrogen-bond acceptors (Lipinski definition) is 4. The Hall–Kier alpha value is -2.28. The summed E-state index contributed by atoms with van der Waals surface area (Å²) >= 11 is 0. The summed E-state index contributed by atoms with van der Waals surface area (Å²) in [4.78, 5) is 13.2. The Morgan fingerprint density at radius 3 is 2.58 bits per heavy atom. The highest BCUT2D eigenvalue weighted by atomic mass is 16.5. The summed E-state index contributed by atoms with van der Waals surface area (Å²) in [5.74, 6) is 1.79. The molecule has 1 aromatic carbocycles. The quantitative estimate of drug-likeness (QED) is 0.509. The minimum absolute atomic E-state index is 0.177. The van der Waals surface area contributed by atoms with E-state index in [0.717, 1.165) is 61.3 Å². The molecule has 2 fully saturated rings. The van der Waals surface area contributed by atoms with Crippen molar-refractivity contribution >= 4 is 17.0 Å². The van der Waals surface area contributed by atoms with Crippen molar-refractivity contribution in [3.63, 3.8) is 0 Å². The summed E-state index contributed by atoms with van der Waals surface area (Å²) in [6.07, 6.45) is 9.25. The lowest BCUT2D eigenvalue weighted by atomic mass is 9.93. The normalized spacial score (nSPS) is 22.3. The van der Waals surface area contributed by atoms with E-state index in [1.807, 2.05) is 33.8 Å². The van der Waals surface area contributed by atoms with Crippen molar-refractivity contribution in [2.75, 3.05) is 13.2 Å². The molecule has 1 heterocycles. The van der Waals surface area contributed by atoms with Crippen LogP contribution >= 0.6 is 0 Å². The fourth-order valence-corrected chi connectivity index (χ4v) is 5.00. The summed E-state index contributed by atoms with van der Waals surface area (Å²) < 4.78 is 14.2. The molecule has 1 aromatic heterocycles. The Morgan fingerprint density at radius 2 is 1.94 bits per heavy atom. The van der Waals surface area contributed by atoms with E-state index in [-0.39, 0.29) is 12.1 Å². The lowest BCUT2D eigenvalue weighted by Gasteiger charge is -2.38. The van der Waals surface area contributed by atoms with E-state index >= 15 is 0 Å².